The van der Waals surface area contributed by atoms with Crippen molar-refractivity contribution in [2.24, 2.45) is 0 Å². The van der Waals surface area contributed by atoms with E-state index in [1.54, 1.807) is 48.5 Å². The standard InChI is InChI=1S/C31H33ClFN5O4/c1-4-40-13-14-41-29-18-26-24(17-27(29)37-30(39)9-6-12-38(2)3)31(35-20-34-26)36-23-10-11-28(25(32)16-23)42-19-21-7-5-8-22(33)15-21/h5-11,15-18,20H,4,12-14,19H2,1-3H3,(H,37,39)(H,34,35,36). The zero-order chi connectivity index (χ0) is 29.9. The topological polar surface area (TPSA) is 97.8 Å². The second-order valence-electron chi connectivity index (χ2n) is 9.48. The minimum atomic E-state index is -0.327. The molecule has 220 valence electrons. The maximum absolute atomic E-state index is 13.5. The Morgan fingerprint density at radius 2 is 1.90 bits per heavy atom. The molecule has 0 unspecified atom stereocenters. The number of aromatic nitrogens is 2. The molecule has 1 aromatic heterocycles. The Morgan fingerprint density at radius 3 is 2.67 bits per heavy atom. The second kappa shape index (κ2) is 15.1. The fourth-order valence-electron chi connectivity index (χ4n) is 3.92. The number of carbonyl (C=O) groups excluding carboxylic acids is 1. The summed E-state index contributed by atoms with van der Waals surface area (Å²) in [5.41, 5.74) is 2.43. The Labute approximate surface area is 249 Å². The highest BCUT2D eigenvalue weighted by Gasteiger charge is 2.14. The van der Waals surface area contributed by atoms with Crippen molar-refractivity contribution in [2.75, 3.05) is 51.1 Å². The number of fused-ring (bicyclic) bond motifs is 1. The lowest BCUT2D eigenvalue weighted by atomic mass is 10.1. The number of carbonyl (C=O) groups is 1. The number of nitrogens with zero attached hydrogens (tertiary/aromatic N) is 3. The summed E-state index contributed by atoms with van der Waals surface area (Å²) in [5, 5.41) is 7.20. The number of amides is 1. The van der Waals surface area contributed by atoms with Gasteiger partial charge in [0.2, 0.25) is 5.91 Å². The minimum absolute atomic E-state index is 0.175. The van der Waals surface area contributed by atoms with Crippen molar-refractivity contribution < 1.29 is 23.4 Å². The van der Waals surface area contributed by atoms with Crippen LogP contribution in [0.4, 0.5) is 21.6 Å². The van der Waals surface area contributed by atoms with Gasteiger partial charge in [0.25, 0.3) is 0 Å². The molecule has 0 radical (unpaired) electrons. The van der Waals surface area contributed by atoms with Gasteiger partial charge in [-0.15, -0.1) is 0 Å². The first-order chi connectivity index (χ1) is 20.3. The molecule has 0 saturated heterocycles. The third kappa shape index (κ3) is 8.87. The minimum Gasteiger partial charge on any atom is -0.489 e. The van der Waals surface area contributed by atoms with Gasteiger partial charge in [-0.05, 0) is 63.0 Å². The first kappa shape index (κ1) is 30.7. The van der Waals surface area contributed by atoms with Crippen molar-refractivity contribution in [3.05, 3.63) is 89.5 Å². The number of hydrogen-bond acceptors (Lipinski definition) is 8. The van der Waals surface area contributed by atoms with E-state index in [2.05, 4.69) is 20.6 Å². The Bertz CT molecular complexity index is 1550. The van der Waals surface area contributed by atoms with Crippen molar-refractivity contribution in [1.29, 1.82) is 0 Å². The molecule has 4 aromatic rings. The zero-order valence-electron chi connectivity index (χ0n) is 23.7. The Balaban J connectivity index is 1.56. The highest BCUT2D eigenvalue weighted by Crippen LogP contribution is 2.35. The normalized spacial score (nSPS) is 11.3. The van der Waals surface area contributed by atoms with E-state index < -0.39 is 0 Å². The number of hydrogen-bond donors (Lipinski definition) is 2. The summed E-state index contributed by atoms with van der Waals surface area (Å²) in [4.78, 5) is 23.4. The quantitative estimate of drug-likeness (QED) is 0.131. The third-order valence-corrected chi connectivity index (χ3v) is 6.20. The zero-order valence-corrected chi connectivity index (χ0v) is 24.5. The van der Waals surface area contributed by atoms with Crippen LogP contribution in [0.2, 0.25) is 5.02 Å². The van der Waals surface area contributed by atoms with Crippen LogP contribution in [0.5, 0.6) is 11.5 Å². The summed E-state index contributed by atoms with van der Waals surface area (Å²) < 4.78 is 30.6. The molecule has 0 bridgehead atoms. The molecule has 3 aromatic carbocycles. The van der Waals surface area contributed by atoms with Gasteiger partial charge in [-0.25, -0.2) is 14.4 Å². The molecule has 1 amide bonds. The molecule has 0 aliphatic carbocycles. The number of ether oxygens (including phenoxy) is 3. The summed E-state index contributed by atoms with van der Waals surface area (Å²) in [7, 11) is 3.84. The number of likely N-dealkylation sites (N-methyl/N-ethyl adjacent to an activating group) is 1. The van der Waals surface area contributed by atoms with E-state index in [0.717, 1.165) is 0 Å². The lowest BCUT2D eigenvalue weighted by molar-refractivity contribution is -0.111. The summed E-state index contributed by atoms with van der Waals surface area (Å²) in [6.45, 7) is 4.00. The lowest BCUT2D eigenvalue weighted by Gasteiger charge is -2.15. The number of nitrogens with one attached hydrogen (secondary N) is 2. The van der Waals surface area contributed by atoms with Crippen LogP contribution in [0, 0.1) is 5.82 Å². The van der Waals surface area contributed by atoms with Gasteiger partial charge in [-0.3, -0.25) is 4.79 Å². The number of halogens is 2. The highest BCUT2D eigenvalue weighted by molar-refractivity contribution is 6.32. The SMILES string of the molecule is CCOCCOc1cc2ncnc(Nc3ccc(OCc4cccc(F)c4)c(Cl)c3)c2cc1NC(=O)C=CCN(C)C. The second-order valence-corrected chi connectivity index (χ2v) is 9.88. The van der Waals surface area contributed by atoms with Gasteiger partial charge >= 0.3 is 0 Å². The number of benzene rings is 3. The maximum atomic E-state index is 13.5. The van der Waals surface area contributed by atoms with E-state index in [1.165, 1.54) is 24.5 Å². The molecule has 4 rings (SSSR count). The molecule has 11 heteroatoms. The van der Waals surface area contributed by atoms with E-state index in [4.69, 9.17) is 25.8 Å². The van der Waals surface area contributed by atoms with Crippen LogP contribution in [0.3, 0.4) is 0 Å². The molecule has 2 N–H and O–H groups in total. The van der Waals surface area contributed by atoms with Gasteiger partial charge in [0.05, 0.1) is 22.8 Å². The van der Waals surface area contributed by atoms with Crippen molar-refractivity contribution >= 4 is 45.6 Å². The molecule has 1 heterocycles. The first-order valence-corrected chi connectivity index (χ1v) is 13.8. The summed E-state index contributed by atoms with van der Waals surface area (Å²) >= 11 is 6.49. The Kier molecular flexibility index (Phi) is 11.0. The van der Waals surface area contributed by atoms with E-state index >= 15 is 0 Å². The first-order valence-electron chi connectivity index (χ1n) is 13.4. The van der Waals surface area contributed by atoms with Crippen LogP contribution < -0.4 is 20.1 Å². The summed E-state index contributed by atoms with van der Waals surface area (Å²) in [6.07, 6.45) is 4.70. The van der Waals surface area contributed by atoms with Gasteiger partial charge in [-0.2, -0.15) is 0 Å². The Morgan fingerprint density at radius 1 is 1.05 bits per heavy atom. The number of rotatable bonds is 14. The van der Waals surface area contributed by atoms with Crippen LogP contribution in [-0.2, 0) is 16.1 Å². The van der Waals surface area contributed by atoms with Gasteiger partial charge in [0, 0.05) is 36.4 Å². The fraction of sp³-hybridized carbons (Fsp3) is 0.258. The predicted molar refractivity (Wildman–Crippen MR) is 163 cm³/mol. The van der Waals surface area contributed by atoms with Crippen LogP contribution in [0.15, 0.2) is 73.1 Å². The average Bonchev–Trinajstić information content (AvgIpc) is 2.95. The Hall–Kier alpha value is -4.25. The molecule has 42 heavy (non-hydrogen) atoms. The summed E-state index contributed by atoms with van der Waals surface area (Å²) in [6, 6.07) is 14.9. The van der Waals surface area contributed by atoms with Gasteiger partial charge in [0.1, 0.15) is 42.7 Å². The number of anilines is 3. The van der Waals surface area contributed by atoms with Crippen molar-refractivity contribution in [3.8, 4) is 11.5 Å². The average molecular weight is 594 g/mol. The molecular formula is C31H33ClFN5O4. The monoisotopic (exact) mass is 593 g/mol. The van der Waals surface area contributed by atoms with Crippen LogP contribution in [-0.4, -0.2) is 61.2 Å². The van der Waals surface area contributed by atoms with Crippen molar-refractivity contribution in [2.45, 2.75) is 13.5 Å². The summed E-state index contributed by atoms with van der Waals surface area (Å²) in [5.74, 6) is 0.803. The van der Waals surface area contributed by atoms with Gasteiger partial charge in [-0.1, -0.05) is 29.8 Å². The molecule has 9 nitrogen and oxygen atoms in total. The molecule has 0 aliphatic heterocycles. The maximum Gasteiger partial charge on any atom is 0.248 e. The predicted octanol–water partition coefficient (Wildman–Crippen LogP) is 6.22. The van der Waals surface area contributed by atoms with Crippen LogP contribution in [0.25, 0.3) is 10.9 Å². The molecular weight excluding hydrogens is 561 g/mol. The lowest BCUT2D eigenvalue weighted by Crippen LogP contribution is -2.14. The highest BCUT2D eigenvalue weighted by atomic mass is 35.5. The molecule has 0 spiro atoms. The van der Waals surface area contributed by atoms with E-state index in [9.17, 15) is 9.18 Å². The third-order valence-electron chi connectivity index (χ3n) is 5.90. The largest absolute Gasteiger partial charge is 0.489 e. The van der Waals surface area contributed by atoms with E-state index in [0.29, 0.717) is 76.5 Å². The van der Waals surface area contributed by atoms with Crippen LogP contribution in [0.1, 0.15) is 12.5 Å². The molecule has 0 fully saturated rings. The van der Waals surface area contributed by atoms with Crippen molar-refractivity contribution in [3.63, 3.8) is 0 Å². The molecule has 0 saturated carbocycles. The van der Waals surface area contributed by atoms with Gasteiger partial charge < -0.3 is 29.7 Å². The van der Waals surface area contributed by atoms with Crippen molar-refractivity contribution in [1.82, 2.24) is 14.9 Å². The molecule has 0 atom stereocenters. The van der Waals surface area contributed by atoms with E-state index in [-0.39, 0.29) is 18.3 Å². The fourth-order valence-corrected chi connectivity index (χ4v) is 4.16. The van der Waals surface area contributed by atoms with Gasteiger partial charge in [0.15, 0.2) is 0 Å². The smallest absolute Gasteiger partial charge is 0.248 e. The molecule has 0 aliphatic rings. The van der Waals surface area contributed by atoms with E-state index in [1.807, 2.05) is 25.9 Å². The van der Waals surface area contributed by atoms with Crippen LogP contribution >= 0.6 is 11.6 Å².